The lowest BCUT2D eigenvalue weighted by Crippen LogP contribution is -2.49. The zero-order valence-electron chi connectivity index (χ0n) is 16.0. The van der Waals surface area contributed by atoms with Gasteiger partial charge in [0.2, 0.25) is 0 Å². The van der Waals surface area contributed by atoms with E-state index in [1.165, 1.54) is 6.20 Å². The van der Waals surface area contributed by atoms with Crippen LogP contribution in [0.2, 0.25) is 0 Å². The Morgan fingerprint density at radius 3 is 2.37 bits per heavy atom. The predicted molar refractivity (Wildman–Crippen MR) is 104 cm³/mol. The van der Waals surface area contributed by atoms with Crippen molar-refractivity contribution in [2.75, 3.05) is 31.1 Å². The Balaban J connectivity index is 1.65. The smallest absolute Gasteiger partial charge is 0.272 e. The molecule has 0 atom stereocenters. The summed E-state index contributed by atoms with van der Waals surface area (Å²) in [4.78, 5) is 37.6. The van der Waals surface area contributed by atoms with Crippen LogP contribution in [0.1, 0.15) is 41.6 Å². The highest BCUT2D eigenvalue weighted by molar-refractivity contribution is 5.98. The van der Waals surface area contributed by atoms with Gasteiger partial charge in [-0.05, 0) is 45.0 Å². The molecule has 1 N–H and O–H groups in total. The van der Waals surface area contributed by atoms with E-state index in [-0.39, 0.29) is 17.4 Å². The third kappa shape index (κ3) is 4.81. The number of nitrogens with one attached hydrogen (secondary N) is 1. The highest BCUT2D eigenvalue weighted by atomic mass is 16.2. The number of carbonyl (C=O) groups excluding carboxylic acids is 2. The first kappa shape index (κ1) is 18.8. The molecule has 3 heterocycles. The van der Waals surface area contributed by atoms with Crippen molar-refractivity contribution < 1.29 is 9.59 Å². The SMILES string of the molecule is CC(C)(C)NC(=O)c1ccnc(C(=O)N2CCN(c3ccccn3)CC2)c1. The van der Waals surface area contributed by atoms with Crippen molar-refractivity contribution in [3.05, 3.63) is 54.0 Å². The van der Waals surface area contributed by atoms with Crippen LogP contribution in [0.4, 0.5) is 5.82 Å². The molecule has 0 saturated carbocycles. The van der Waals surface area contributed by atoms with Gasteiger partial charge in [-0.15, -0.1) is 0 Å². The van der Waals surface area contributed by atoms with E-state index >= 15 is 0 Å². The quantitative estimate of drug-likeness (QED) is 0.897. The van der Waals surface area contributed by atoms with E-state index in [0.29, 0.717) is 37.4 Å². The molecule has 1 saturated heterocycles. The number of hydrogen-bond acceptors (Lipinski definition) is 5. The lowest BCUT2D eigenvalue weighted by atomic mass is 10.1. The van der Waals surface area contributed by atoms with Crippen molar-refractivity contribution >= 4 is 17.6 Å². The number of piperazine rings is 1. The standard InChI is InChI=1S/C20H25N5O2/c1-20(2,3)23-18(26)15-7-9-21-16(14-15)19(27)25-12-10-24(11-13-25)17-6-4-5-8-22-17/h4-9,14H,10-13H2,1-3H3,(H,23,26). The molecule has 27 heavy (non-hydrogen) atoms. The number of nitrogens with zero attached hydrogens (tertiary/aromatic N) is 4. The number of amides is 2. The summed E-state index contributed by atoms with van der Waals surface area (Å²) < 4.78 is 0. The van der Waals surface area contributed by atoms with Crippen LogP contribution in [0.5, 0.6) is 0 Å². The zero-order valence-corrected chi connectivity index (χ0v) is 16.0. The summed E-state index contributed by atoms with van der Waals surface area (Å²) in [5.41, 5.74) is 0.394. The predicted octanol–water partition coefficient (Wildman–Crippen LogP) is 1.97. The number of pyridine rings is 2. The van der Waals surface area contributed by atoms with Gasteiger partial charge in [0.1, 0.15) is 11.5 Å². The third-order valence-electron chi connectivity index (χ3n) is 4.27. The van der Waals surface area contributed by atoms with Crippen molar-refractivity contribution in [3.8, 4) is 0 Å². The first-order valence-corrected chi connectivity index (χ1v) is 9.07. The summed E-state index contributed by atoms with van der Waals surface area (Å²) in [5, 5.41) is 2.90. The summed E-state index contributed by atoms with van der Waals surface area (Å²) in [7, 11) is 0. The Morgan fingerprint density at radius 1 is 1.00 bits per heavy atom. The van der Waals surface area contributed by atoms with Crippen molar-refractivity contribution in [2.45, 2.75) is 26.3 Å². The minimum atomic E-state index is -0.341. The van der Waals surface area contributed by atoms with Gasteiger partial charge in [-0.1, -0.05) is 6.07 Å². The molecule has 1 aliphatic rings. The molecule has 142 valence electrons. The van der Waals surface area contributed by atoms with Crippen molar-refractivity contribution in [1.82, 2.24) is 20.2 Å². The second kappa shape index (κ2) is 7.73. The third-order valence-corrected chi connectivity index (χ3v) is 4.27. The van der Waals surface area contributed by atoms with Gasteiger partial charge in [0, 0.05) is 49.7 Å². The van der Waals surface area contributed by atoms with Crippen LogP contribution in [0, 0.1) is 0 Å². The molecule has 1 aliphatic heterocycles. The topological polar surface area (TPSA) is 78.4 Å². The highest BCUT2D eigenvalue weighted by Gasteiger charge is 2.24. The molecule has 2 aromatic rings. The molecule has 3 rings (SSSR count). The molecule has 1 fully saturated rings. The number of aromatic nitrogens is 2. The molecule has 2 amide bonds. The summed E-state index contributed by atoms with van der Waals surface area (Å²) in [5.74, 6) is 0.559. The second-order valence-corrected chi connectivity index (χ2v) is 7.60. The molecular weight excluding hydrogens is 342 g/mol. The largest absolute Gasteiger partial charge is 0.353 e. The van der Waals surface area contributed by atoms with Gasteiger partial charge in [-0.2, -0.15) is 0 Å². The monoisotopic (exact) mass is 367 g/mol. The van der Waals surface area contributed by atoms with Gasteiger partial charge in [0.25, 0.3) is 11.8 Å². The average molecular weight is 367 g/mol. The van der Waals surface area contributed by atoms with Gasteiger partial charge in [-0.25, -0.2) is 4.98 Å². The van der Waals surface area contributed by atoms with Crippen LogP contribution >= 0.6 is 0 Å². The van der Waals surface area contributed by atoms with E-state index in [9.17, 15) is 9.59 Å². The van der Waals surface area contributed by atoms with Crippen LogP contribution in [-0.4, -0.2) is 58.4 Å². The second-order valence-electron chi connectivity index (χ2n) is 7.60. The summed E-state index contributed by atoms with van der Waals surface area (Å²) >= 11 is 0. The normalized spacial score (nSPS) is 14.8. The van der Waals surface area contributed by atoms with Crippen LogP contribution in [0.3, 0.4) is 0 Å². The molecule has 2 aromatic heterocycles. The molecule has 7 nitrogen and oxygen atoms in total. The highest BCUT2D eigenvalue weighted by Crippen LogP contribution is 2.14. The summed E-state index contributed by atoms with van der Waals surface area (Å²) in [6.07, 6.45) is 3.28. The molecule has 0 bridgehead atoms. The number of anilines is 1. The Bertz CT molecular complexity index is 809. The van der Waals surface area contributed by atoms with Crippen LogP contribution in [0.25, 0.3) is 0 Å². The Hall–Kier alpha value is -2.96. The molecule has 7 heteroatoms. The summed E-state index contributed by atoms with van der Waals surface area (Å²) in [6, 6.07) is 9.00. The van der Waals surface area contributed by atoms with Gasteiger partial charge in [0.15, 0.2) is 0 Å². The maximum atomic E-state index is 12.8. The van der Waals surface area contributed by atoms with Gasteiger partial charge >= 0.3 is 0 Å². The van der Waals surface area contributed by atoms with E-state index < -0.39 is 0 Å². The maximum absolute atomic E-state index is 12.8. The maximum Gasteiger partial charge on any atom is 0.272 e. The lowest BCUT2D eigenvalue weighted by Gasteiger charge is -2.35. The Labute approximate surface area is 159 Å². The van der Waals surface area contributed by atoms with Crippen LogP contribution in [0.15, 0.2) is 42.7 Å². The Kier molecular flexibility index (Phi) is 5.39. The fraction of sp³-hybridized carbons (Fsp3) is 0.400. The van der Waals surface area contributed by atoms with Crippen molar-refractivity contribution in [3.63, 3.8) is 0 Å². The number of rotatable bonds is 3. The molecule has 0 unspecified atom stereocenters. The fourth-order valence-corrected chi connectivity index (χ4v) is 2.94. The van der Waals surface area contributed by atoms with Crippen LogP contribution < -0.4 is 10.2 Å². The fourth-order valence-electron chi connectivity index (χ4n) is 2.94. The molecule has 0 radical (unpaired) electrons. The zero-order chi connectivity index (χ0) is 19.4. The van der Waals surface area contributed by atoms with Crippen molar-refractivity contribution in [2.24, 2.45) is 0 Å². The minimum absolute atomic E-state index is 0.152. The molecule has 0 spiro atoms. The number of carbonyl (C=O) groups is 2. The van der Waals surface area contributed by atoms with E-state index in [2.05, 4.69) is 20.2 Å². The van der Waals surface area contributed by atoms with E-state index in [4.69, 9.17) is 0 Å². The first-order valence-electron chi connectivity index (χ1n) is 9.07. The minimum Gasteiger partial charge on any atom is -0.353 e. The van der Waals surface area contributed by atoms with Gasteiger partial charge < -0.3 is 15.1 Å². The van der Waals surface area contributed by atoms with Crippen LogP contribution in [-0.2, 0) is 0 Å². The first-order chi connectivity index (χ1) is 12.8. The Morgan fingerprint density at radius 2 is 1.74 bits per heavy atom. The van der Waals surface area contributed by atoms with E-state index in [1.54, 1.807) is 23.2 Å². The average Bonchev–Trinajstić information content (AvgIpc) is 2.67. The molecular formula is C20H25N5O2. The van der Waals surface area contributed by atoms with Crippen molar-refractivity contribution in [1.29, 1.82) is 0 Å². The van der Waals surface area contributed by atoms with E-state index in [1.807, 2.05) is 39.0 Å². The number of hydrogen-bond donors (Lipinski definition) is 1. The molecule has 0 aromatic carbocycles. The van der Waals surface area contributed by atoms with E-state index in [0.717, 1.165) is 5.82 Å². The van der Waals surface area contributed by atoms with Gasteiger partial charge in [-0.3, -0.25) is 14.6 Å². The molecule has 0 aliphatic carbocycles. The summed E-state index contributed by atoms with van der Waals surface area (Å²) in [6.45, 7) is 8.36. The van der Waals surface area contributed by atoms with Gasteiger partial charge in [0.05, 0.1) is 0 Å². The lowest BCUT2D eigenvalue weighted by molar-refractivity contribution is 0.0740.